The van der Waals surface area contributed by atoms with Crippen LogP contribution in [0.25, 0.3) is 0 Å². The summed E-state index contributed by atoms with van der Waals surface area (Å²) in [6.45, 7) is 8.29. The van der Waals surface area contributed by atoms with Crippen molar-refractivity contribution in [1.82, 2.24) is 4.90 Å². The summed E-state index contributed by atoms with van der Waals surface area (Å²) in [5, 5.41) is 0. The molecule has 4 rings (SSSR count). The van der Waals surface area contributed by atoms with E-state index in [1.54, 1.807) is 24.3 Å². The minimum absolute atomic E-state index is 0.296. The average Bonchev–Trinajstić information content (AvgIpc) is 2.80. The normalized spacial score (nSPS) is 25.0. The highest BCUT2D eigenvalue weighted by molar-refractivity contribution is 5.56. The van der Waals surface area contributed by atoms with Gasteiger partial charge in [-0.1, -0.05) is 18.2 Å². The maximum Gasteiger partial charge on any atom is 0.393 e. The number of alkyl halides is 3. The van der Waals surface area contributed by atoms with Gasteiger partial charge in [-0.15, -0.1) is 0 Å². The van der Waals surface area contributed by atoms with Crippen LogP contribution in [0.4, 0.5) is 18.9 Å². The Morgan fingerprint density at radius 3 is 2.36 bits per heavy atom. The van der Waals surface area contributed by atoms with E-state index in [0.29, 0.717) is 17.6 Å². The summed E-state index contributed by atoms with van der Waals surface area (Å²) < 4.78 is 49.4. The molecule has 33 heavy (non-hydrogen) atoms. The van der Waals surface area contributed by atoms with Gasteiger partial charge in [-0.2, -0.15) is 13.2 Å². The summed E-state index contributed by atoms with van der Waals surface area (Å²) in [5.41, 5.74) is 3.76. The highest BCUT2D eigenvalue weighted by atomic mass is 19.4. The Labute approximate surface area is 195 Å². The van der Waals surface area contributed by atoms with E-state index in [9.17, 15) is 13.2 Å². The van der Waals surface area contributed by atoms with E-state index in [1.165, 1.54) is 5.57 Å². The van der Waals surface area contributed by atoms with Crippen LogP contribution in [-0.4, -0.2) is 63.2 Å². The quantitative estimate of drug-likeness (QED) is 0.543. The van der Waals surface area contributed by atoms with Gasteiger partial charge in [-0.25, -0.2) is 0 Å². The van der Waals surface area contributed by atoms with Gasteiger partial charge in [0, 0.05) is 37.6 Å². The van der Waals surface area contributed by atoms with Gasteiger partial charge >= 0.3 is 6.18 Å². The molecule has 182 valence electrons. The van der Waals surface area contributed by atoms with Crippen LogP contribution in [0.15, 0.2) is 47.7 Å². The maximum atomic E-state index is 12.6. The first-order valence-electron chi connectivity index (χ1n) is 12.1. The molecule has 1 aromatic rings. The zero-order chi connectivity index (χ0) is 23.3. The zero-order valence-corrected chi connectivity index (χ0v) is 19.4. The van der Waals surface area contributed by atoms with Crippen molar-refractivity contribution in [1.29, 1.82) is 0 Å². The standard InChI is InChI=1S/C26H35F3N2O2/c1-20-18-23(10-11-31(20)24-6-2-21(3-7-24)19-26(27,28)29)22-4-8-25(9-5-22)33-17-14-30-12-15-32-16-13-30/h2-3,6-7,10,18,22,25H,4-5,8-9,11-17,19H2,1H3. The average molecular weight is 465 g/mol. The lowest BCUT2D eigenvalue weighted by Crippen LogP contribution is -2.39. The van der Waals surface area contributed by atoms with Crippen LogP contribution in [0, 0.1) is 5.92 Å². The fourth-order valence-corrected chi connectivity index (χ4v) is 5.07. The Morgan fingerprint density at radius 2 is 1.73 bits per heavy atom. The van der Waals surface area contributed by atoms with Crippen molar-refractivity contribution in [3.8, 4) is 0 Å². The summed E-state index contributed by atoms with van der Waals surface area (Å²) in [6, 6.07) is 6.73. The van der Waals surface area contributed by atoms with Crippen molar-refractivity contribution in [2.24, 2.45) is 5.92 Å². The van der Waals surface area contributed by atoms with Gasteiger partial charge in [-0.05, 0) is 67.9 Å². The lowest BCUT2D eigenvalue weighted by atomic mass is 9.81. The van der Waals surface area contributed by atoms with Crippen molar-refractivity contribution < 1.29 is 22.6 Å². The van der Waals surface area contributed by atoms with Gasteiger partial charge in [-0.3, -0.25) is 4.90 Å². The van der Waals surface area contributed by atoms with E-state index >= 15 is 0 Å². The second-order valence-electron chi connectivity index (χ2n) is 9.36. The summed E-state index contributed by atoms with van der Waals surface area (Å²) in [5.74, 6) is 0.565. The lowest BCUT2D eigenvalue weighted by molar-refractivity contribution is -0.127. The molecule has 1 saturated heterocycles. The SMILES string of the molecule is CC1=CC(C2CCC(OCCN3CCOCC3)CC2)=CCN1c1ccc(CC(F)(F)F)cc1. The van der Waals surface area contributed by atoms with Gasteiger partial charge in [0.25, 0.3) is 0 Å². The van der Waals surface area contributed by atoms with Crippen molar-refractivity contribution in [3.05, 3.63) is 53.3 Å². The summed E-state index contributed by atoms with van der Waals surface area (Å²) in [6.07, 6.45) is 4.32. The third-order valence-corrected chi connectivity index (χ3v) is 6.97. The largest absolute Gasteiger partial charge is 0.393 e. The fourth-order valence-electron chi connectivity index (χ4n) is 5.07. The molecule has 2 heterocycles. The molecule has 1 aliphatic carbocycles. The minimum Gasteiger partial charge on any atom is -0.379 e. The number of allylic oxidation sites excluding steroid dienone is 3. The van der Waals surface area contributed by atoms with Gasteiger partial charge in [0.1, 0.15) is 0 Å². The number of halogens is 3. The van der Waals surface area contributed by atoms with Gasteiger partial charge in [0.05, 0.1) is 32.3 Å². The maximum absolute atomic E-state index is 12.6. The molecule has 4 nitrogen and oxygen atoms in total. The second-order valence-corrected chi connectivity index (χ2v) is 9.36. The number of morpholine rings is 1. The van der Waals surface area contributed by atoms with Gasteiger partial charge < -0.3 is 14.4 Å². The number of rotatable bonds is 7. The van der Waals surface area contributed by atoms with E-state index in [1.807, 2.05) is 0 Å². The molecular weight excluding hydrogens is 429 g/mol. The van der Waals surface area contributed by atoms with E-state index < -0.39 is 12.6 Å². The van der Waals surface area contributed by atoms with Crippen molar-refractivity contribution in [2.75, 3.05) is 50.9 Å². The number of benzene rings is 1. The van der Waals surface area contributed by atoms with Crippen LogP contribution in [0.2, 0.25) is 0 Å². The third-order valence-electron chi connectivity index (χ3n) is 6.97. The second kappa shape index (κ2) is 11.1. The molecule has 1 saturated carbocycles. The molecule has 0 amide bonds. The van der Waals surface area contributed by atoms with E-state index in [0.717, 1.165) is 83.1 Å². The first-order chi connectivity index (χ1) is 15.9. The van der Waals surface area contributed by atoms with Crippen LogP contribution < -0.4 is 4.90 Å². The molecule has 0 unspecified atom stereocenters. The molecule has 0 spiro atoms. The number of ether oxygens (including phenoxy) is 2. The molecule has 0 atom stereocenters. The molecule has 0 aromatic heterocycles. The smallest absolute Gasteiger partial charge is 0.379 e. The molecule has 2 aliphatic heterocycles. The van der Waals surface area contributed by atoms with E-state index in [2.05, 4.69) is 28.9 Å². The fraction of sp³-hybridized carbons (Fsp3) is 0.615. The molecule has 3 aliphatic rings. The molecule has 0 N–H and O–H groups in total. The number of hydrogen-bond acceptors (Lipinski definition) is 4. The van der Waals surface area contributed by atoms with Crippen LogP contribution in [0.5, 0.6) is 0 Å². The van der Waals surface area contributed by atoms with E-state index in [-0.39, 0.29) is 0 Å². The Bertz CT molecular complexity index is 821. The highest BCUT2D eigenvalue weighted by Crippen LogP contribution is 2.35. The van der Waals surface area contributed by atoms with Crippen molar-refractivity contribution >= 4 is 5.69 Å². The molecule has 2 fully saturated rings. The monoisotopic (exact) mass is 464 g/mol. The van der Waals surface area contributed by atoms with E-state index in [4.69, 9.17) is 9.47 Å². The first kappa shape index (κ1) is 24.3. The third kappa shape index (κ3) is 7.08. The van der Waals surface area contributed by atoms with Crippen LogP contribution >= 0.6 is 0 Å². The summed E-state index contributed by atoms with van der Waals surface area (Å²) in [7, 11) is 0. The topological polar surface area (TPSA) is 24.9 Å². The number of hydrogen-bond donors (Lipinski definition) is 0. The lowest BCUT2D eigenvalue weighted by Gasteiger charge is -2.34. The first-order valence-corrected chi connectivity index (χ1v) is 12.1. The molecular formula is C26H35F3N2O2. The van der Waals surface area contributed by atoms with Gasteiger partial charge in [0.2, 0.25) is 0 Å². The van der Waals surface area contributed by atoms with Crippen molar-refractivity contribution in [2.45, 2.75) is 51.3 Å². The molecule has 0 bridgehead atoms. The minimum atomic E-state index is -4.17. The Balaban J connectivity index is 1.23. The van der Waals surface area contributed by atoms with Gasteiger partial charge in [0.15, 0.2) is 0 Å². The number of nitrogens with zero attached hydrogens (tertiary/aromatic N) is 2. The van der Waals surface area contributed by atoms with Crippen LogP contribution in [0.1, 0.15) is 38.2 Å². The molecule has 0 radical (unpaired) electrons. The summed E-state index contributed by atoms with van der Waals surface area (Å²) >= 11 is 0. The Morgan fingerprint density at radius 1 is 1.03 bits per heavy atom. The summed E-state index contributed by atoms with van der Waals surface area (Å²) in [4.78, 5) is 4.56. The number of anilines is 1. The van der Waals surface area contributed by atoms with Crippen LogP contribution in [0.3, 0.4) is 0 Å². The Kier molecular flexibility index (Phi) is 8.15. The predicted octanol–water partition coefficient (Wildman–Crippen LogP) is 5.35. The molecule has 1 aromatic carbocycles. The zero-order valence-electron chi connectivity index (χ0n) is 19.4. The molecule has 7 heteroatoms. The van der Waals surface area contributed by atoms with Crippen molar-refractivity contribution in [3.63, 3.8) is 0 Å². The predicted molar refractivity (Wildman–Crippen MR) is 124 cm³/mol. The van der Waals surface area contributed by atoms with Crippen LogP contribution in [-0.2, 0) is 15.9 Å². The Hall–Kier alpha value is -1.83. The highest BCUT2D eigenvalue weighted by Gasteiger charge is 2.28.